The Balaban J connectivity index is 1.43. The van der Waals surface area contributed by atoms with E-state index < -0.39 is 12.1 Å². The van der Waals surface area contributed by atoms with E-state index in [2.05, 4.69) is 10.6 Å². The summed E-state index contributed by atoms with van der Waals surface area (Å²) in [6.07, 6.45) is 3.77. The van der Waals surface area contributed by atoms with Gasteiger partial charge in [0.2, 0.25) is 5.91 Å². The third-order valence-electron chi connectivity index (χ3n) is 8.27. The number of carbonyl (C=O) groups is 3. The first-order valence-corrected chi connectivity index (χ1v) is 14.1. The van der Waals surface area contributed by atoms with Crippen molar-refractivity contribution in [3.8, 4) is 28.0 Å². The minimum atomic E-state index is -0.504. The van der Waals surface area contributed by atoms with Crippen LogP contribution in [0.15, 0.2) is 60.8 Å². The smallest absolute Gasteiger partial charge is 0.332 e. The lowest BCUT2D eigenvalue weighted by atomic mass is 9.90. The highest BCUT2D eigenvalue weighted by Gasteiger charge is 2.28. The van der Waals surface area contributed by atoms with Crippen molar-refractivity contribution >= 4 is 23.7 Å². The van der Waals surface area contributed by atoms with Gasteiger partial charge in [0.1, 0.15) is 11.6 Å². The van der Waals surface area contributed by atoms with E-state index in [1.165, 1.54) is 18.1 Å². The summed E-state index contributed by atoms with van der Waals surface area (Å²) in [6, 6.07) is 14.0. The molecule has 0 spiro atoms. The number of urea groups is 2. The summed E-state index contributed by atoms with van der Waals surface area (Å²) in [6.45, 7) is 4.95. The van der Waals surface area contributed by atoms with Crippen LogP contribution in [0.3, 0.4) is 0 Å². The van der Waals surface area contributed by atoms with Crippen molar-refractivity contribution in [2.75, 3.05) is 39.6 Å². The average molecular weight is 586 g/mol. The molecule has 0 aliphatic carbocycles. The molecule has 3 aromatic carbocycles. The number of ether oxygens (including phenoxy) is 1. The lowest BCUT2D eigenvalue weighted by molar-refractivity contribution is -0.119. The van der Waals surface area contributed by atoms with Crippen molar-refractivity contribution in [2.45, 2.75) is 32.9 Å². The molecule has 10 heteroatoms. The van der Waals surface area contributed by atoms with E-state index in [-0.39, 0.29) is 24.3 Å². The fourth-order valence-electron chi connectivity index (χ4n) is 5.68. The molecule has 2 aliphatic rings. The van der Waals surface area contributed by atoms with E-state index in [9.17, 15) is 14.4 Å². The van der Waals surface area contributed by atoms with Gasteiger partial charge in [-0.15, -0.1) is 0 Å². The first kappa shape index (κ1) is 29.8. The zero-order valence-electron chi connectivity index (χ0n) is 25.0. The lowest BCUT2D eigenvalue weighted by Crippen LogP contribution is -2.47. The van der Waals surface area contributed by atoms with Crippen LogP contribution < -0.4 is 15.4 Å². The largest absolute Gasteiger partial charge is 0.496 e. The second-order valence-corrected chi connectivity index (χ2v) is 11.0. The number of halogens is 1. The van der Waals surface area contributed by atoms with E-state index in [0.29, 0.717) is 42.1 Å². The number of benzene rings is 3. The summed E-state index contributed by atoms with van der Waals surface area (Å²) in [7, 11) is 5.01. The van der Waals surface area contributed by atoms with Crippen LogP contribution in [0.25, 0.3) is 22.3 Å². The van der Waals surface area contributed by atoms with Gasteiger partial charge in [-0.25, -0.2) is 18.9 Å². The average Bonchev–Trinajstić information content (AvgIpc) is 3.43. The second kappa shape index (κ2) is 12.3. The third-order valence-corrected chi connectivity index (χ3v) is 8.27. The first-order chi connectivity index (χ1) is 20.6. The topological polar surface area (TPSA) is 94.2 Å². The predicted molar refractivity (Wildman–Crippen MR) is 164 cm³/mol. The zero-order chi connectivity index (χ0) is 30.8. The summed E-state index contributed by atoms with van der Waals surface area (Å²) < 4.78 is 21.3. The molecule has 0 radical (unpaired) electrons. The Morgan fingerprint density at radius 2 is 1.79 bits per heavy atom. The van der Waals surface area contributed by atoms with E-state index in [1.807, 2.05) is 62.2 Å². The summed E-state index contributed by atoms with van der Waals surface area (Å²) in [5.74, 6) is 0.0648. The molecule has 1 atom stereocenters. The minimum Gasteiger partial charge on any atom is -0.496 e. The minimum absolute atomic E-state index is 0.000469. The van der Waals surface area contributed by atoms with Gasteiger partial charge >= 0.3 is 12.1 Å². The molecule has 0 saturated carbocycles. The molecule has 2 aliphatic heterocycles. The van der Waals surface area contributed by atoms with Gasteiger partial charge in [-0.3, -0.25) is 9.69 Å². The summed E-state index contributed by atoms with van der Waals surface area (Å²) in [5, 5.41) is 5.71. The maximum atomic E-state index is 15.6. The number of nitrogens with zero attached hydrogens (tertiary/aromatic N) is 3. The van der Waals surface area contributed by atoms with E-state index in [4.69, 9.17) is 4.74 Å². The van der Waals surface area contributed by atoms with Crippen molar-refractivity contribution in [2.24, 2.45) is 0 Å². The van der Waals surface area contributed by atoms with Gasteiger partial charge < -0.3 is 20.3 Å². The standard InChI is InChI=1S/C33H36FN5O4/c1-20-24(22-15-28(34)27(30(16-22)43-5)19-38(4)23-17-31(40)35-18-23)9-6-10-25(20)26-11-7-12-29(21(26)2)36-32(41)39-14-8-13-37(3)33(39)42/h6-13,15-16,23H,14,17-19H2,1-5H3,(H,35,40)(H,36,41)/t23-/m0/s1. The number of likely N-dealkylation sites (N-methyl/N-ethyl adjacent to an activating group) is 1. The molecule has 0 bridgehead atoms. The number of anilines is 1. The van der Waals surface area contributed by atoms with Gasteiger partial charge in [-0.05, 0) is 78.6 Å². The number of methoxy groups -OCH3 is 1. The quantitative estimate of drug-likeness (QED) is 0.381. The van der Waals surface area contributed by atoms with Gasteiger partial charge in [0.25, 0.3) is 0 Å². The van der Waals surface area contributed by atoms with Crippen LogP contribution in [-0.2, 0) is 11.3 Å². The number of amides is 5. The molecular formula is C33H36FN5O4. The van der Waals surface area contributed by atoms with Crippen LogP contribution in [0, 0.1) is 19.7 Å². The van der Waals surface area contributed by atoms with Crippen molar-refractivity contribution in [1.82, 2.24) is 20.0 Å². The number of hydrogen-bond donors (Lipinski definition) is 2. The summed E-state index contributed by atoms with van der Waals surface area (Å²) >= 11 is 0. The van der Waals surface area contributed by atoms with Crippen molar-refractivity contribution < 1.29 is 23.5 Å². The van der Waals surface area contributed by atoms with E-state index in [0.717, 1.165) is 32.7 Å². The molecule has 1 saturated heterocycles. The summed E-state index contributed by atoms with van der Waals surface area (Å²) in [4.78, 5) is 41.6. The Kier molecular flexibility index (Phi) is 8.50. The first-order valence-electron chi connectivity index (χ1n) is 14.1. The van der Waals surface area contributed by atoms with Crippen molar-refractivity contribution in [1.29, 1.82) is 0 Å². The normalized spacial score (nSPS) is 16.6. The highest BCUT2D eigenvalue weighted by Crippen LogP contribution is 2.38. The Labute approximate surface area is 250 Å². The predicted octanol–water partition coefficient (Wildman–Crippen LogP) is 5.52. The molecule has 1 fully saturated rings. The van der Waals surface area contributed by atoms with Crippen molar-refractivity contribution in [3.63, 3.8) is 0 Å². The molecule has 224 valence electrons. The van der Waals surface area contributed by atoms with Crippen LogP contribution >= 0.6 is 0 Å². The molecule has 43 heavy (non-hydrogen) atoms. The molecule has 0 aromatic heterocycles. The molecule has 2 heterocycles. The molecule has 0 unspecified atom stereocenters. The monoisotopic (exact) mass is 585 g/mol. The fraction of sp³-hybridized carbons (Fsp3) is 0.303. The van der Waals surface area contributed by atoms with Gasteiger partial charge in [-0.1, -0.05) is 30.3 Å². The van der Waals surface area contributed by atoms with Gasteiger partial charge in [0.05, 0.1) is 13.7 Å². The van der Waals surface area contributed by atoms with E-state index >= 15 is 4.39 Å². The van der Waals surface area contributed by atoms with E-state index in [1.54, 1.807) is 25.4 Å². The maximum absolute atomic E-state index is 15.6. The van der Waals surface area contributed by atoms with Crippen LogP contribution in [0.4, 0.5) is 19.7 Å². The van der Waals surface area contributed by atoms with Gasteiger partial charge in [0.15, 0.2) is 0 Å². The Morgan fingerprint density at radius 3 is 2.49 bits per heavy atom. The fourth-order valence-corrected chi connectivity index (χ4v) is 5.68. The molecule has 9 nitrogen and oxygen atoms in total. The maximum Gasteiger partial charge on any atom is 0.332 e. The Bertz CT molecular complexity index is 1620. The number of nitrogens with one attached hydrogen (secondary N) is 2. The summed E-state index contributed by atoms with van der Waals surface area (Å²) in [5.41, 5.74) is 6.19. The van der Waals surface area contributed by atoms with Gasteiger partial charge in [-0.2, -0.15) is 0 Å². The number of imide groups is 1. The number of carbonyl (C=O) groups excluding carboxylic acids is 3. The van der Waals surface area contributed by atoms with Crippen molar-refractivity contribution in [3.05, 3.63) is 83.3 Å². The highest BCUT2D eigenvalue weighted by atomic mass is 19.1. The van der Waals surface area contributed by atoms with Crippen LogP contribution in [0.5, 0.6) is 5.75 Å². The number of rotatable bonds is 7. The molecular weight excluding hydrogens is 549 g/mol. The molecule has 2 N–H and O–H groups in total. The van der Waals surface area contributed by atoms with Gasteiger partial charge in [0, 0.05) is 50.1 Å². The van der Waals surface area contributed by atoms with Crippen LogP contribution in [0.1, 0.15) is 23.1 Å². The number of hydrogen-bond acceptors (Lipinski definition) is 5. The SMILES string of the molecule is COc1cc(-c2cccc(-c3cccc(NC(=O)N4CC=CN(C)C4=O)c3C)c2C)cc(F)c1CN(C)[C@@H]1CNC(=O)C1. The van der Waals surface area contributed by atoms with Crippen LogP contribution in [0.2, 0.25) is 0 Å². The third kappa shape index (κ3) is 5.96. The molecule has 5 amide bonds. The zero-order valence-corrected chi connectivity index (χ0v) is 25.0. The second-order valence-electron chi connectivity index (χ2n) is 11.0. The highest BCUT2D eigenvalue weighted by molar-refractivity contribution is 6.02. The lowest BCUT2D eigenvalue weighted by Gasteiger charge is -2.27. The Hall–Kier alpha value is -4.70. The van der Waals surface area contributed by atoms with Crippen LogP contribution in [-0.4, -0.2) is 73.0 Å². The molecule has 3 aromatic rings. The molecule has 5 rings (SSSR count). The Morgan fingerprint density at radius 1 is 1.09 bits per heavy atom.